The molecular formula is C23H39Cl2NO2. The normalized spacial score (nSPS) is 11.0. The topological polar surface area (TPSA) is 41.5 Å². The Kier molecular flexibility index (Phi) is 14.5. The largest absolute Gasteiger partial charge is 0.506 e. The lowest BCUT2D eigenvalue weighted by Crippen LogP contribution is -2.03. The van der Waals surface area contributed by atoms with Gasteiger partial charge in [0.1, 0.15) is 15.8 Å². The third-order valence-electron chi connectivity index (χ3n) is 5.19. The highest BCUT2D eigenvalue weighted by molar-refractivity contribution is 6.39. The molecule has 3 nitrogen and oxygen atoms in total. The summed E-state index contributed by atoms with van der Waals surface area (Å²) in [5.74, 6) is 0.290. The van der Waals surface area contributed by atoms with Crippen molar-refractivity contribution in [2.24, 2.45) is 0 Å². The van der Waals surface area contributed by atoms with Gasteiger partial charge < -0.3 is 15.2 Å². The molecule has 1 aromatic carbocycles. The molecule has 0 aliphatic carbocycles. The summed E-state index contributed by atoms with van der Waals surface area (Å²) in [6, 6.07) is 1.55. The monoisotopic (exact) mass is 431 g/mol. The van der Waals surface area contributed by atoms with Crippen molar-refractivity contribution in [1.82, 2.24) is 0 Å². The molecule has 0 amide bonds. The van der Waals surface area contributed by atoms with Crippen molar-refractivity contribution in [3.05, 3.63) is 16.1 Å². The third kappa shape index (κ3) is 10.1. The van der Waals surface area contributed by atoms with Crippen LogP contribution in [0.5, 0.6) is 11.5 Å². The van der Waals surface area contributed by atoms with E-state index in [2.05, 4.69) is 12.2 Å². The lowest BCUT2D eigenvalue weighted by atomic mass is 10.0. The van der Waals surface area contributed by atoms with Crippen LogP contribution >= 0.6 is 23.2 Å². The Hall–Kier alpha value is -0.800. The van der Waals surface area contributed by atoms with Crippen molar-refractivity contribution >= 4 is 28.9 Å². The Morgan fingerprint density at radius 1 is 0.786 bits per heavy atom. The second kappa shape index (κ2) is 16.0. The zero-order chi connectivity index (χ0) is 20.6. The number of hydrogen-bond donors (Lipinski definition) is 2. The minimum Gasteiger partial charge on any atom is -0.506 e. The highest BCUT2D eigenvalue weighted by Crippen LogP contribution is 2.43. The molecule has 28 heavy (non-hydrogen) atoms. The van der Waals surface area contributed by atoms with E-state index in [1.807, 2.05) is 0 Å². The number of unbranched alkanes of at least 4 members (excludes halogenated alkanes) is 13. The SMILES string of the molecule is CCCCCCCCCCCCCCCCNc1cc(O)c(Cl)c(OC)c1Cl. The highest BCUT2D eigenvalue weighted by Gasteiger charge is 2.15. The van der Waals surface area contributed by atoms with Gasteiger partial charge in [0.15, 0.2) is 5.75 Å². The second-order valence-corrected chi connectivity index (χ2v) is 8.38. The van der Waals surface area contributed by atoms with Gasteiger partial charge in [-0.25, -0.2) is 0 Å². The van der Waals surface area contributed by atoms with Gasteiger partial charge in [-0.05, 0) is 6.42 Å². The van der Waals surface area contributed by atoms with Gasteiger partial charge in [0, 0.05) is 12.6 Å². The fourth-order valence-electron chi connectivity index (χ4n) is 3.45. The number of anilines is 1. The lowest BCUT2D eigenvalue weighted by Gasteiger charge is -2.13. The van der Waals surface area contributed by atoms with E-state index >= 15 is 0 Å². The van der Waals surface area contributed by atoms with Crippen LogP contribution in [-0.2, 0) is 0 Å². The Labute approximate surface area is 182 Å². The Bertz CT molecular complexity index is 538. The minimum atomic E-state index is -0.0219. The quantitative estimate of drug-likeness (QED) is 0.242. The van der Waals surface area contributed by atoms with Crippen LogP contribution in [0.4, 0.5) is 5.69 Å². The third-order valence-corrected chi connectivity index (χ3v) is 5.93. The van der Waals surface area contributed by atoms with Crippen LogP contribution in [0.25, 0.3) is 0 Å². The molecule has 0 spiro atoms. The van der Waals surface area contributed by atoms with Crippen molar-refractivity contribution in [3.63, 3.8) is 0 Å². The first-order chi connectivity index (χ1) is 13.6. The van der Waals surface area contributed by atoms with Crippen LogP contribution in [0.3, 0.4) is 0 Å². The van der Waals surface area contributed by atoms with E-state index in [4.69, 9.17) is 27.9 Å². The molecule has 2 N–H and O–H groups in total. The Balaban J connectivity index is 1.99. The van der Waals surface area contributed by atoms with Crippen LogP contribution in [0.1, 0.15) is 96.8 Å². The van der Waals surface area contributed by atoms with Crippen LogP contribution in [0.2, 0.25) is 10.0 Å². The van der Waals surface area contributed by atoms with Crippen molar-refractivity contribution in [3.8, 4) is 11.5 Å². The van der Waals surface area contributed by atoms with E-state index in [1.54, 1.807) is 6.07 Å². The molecule has 0 fully saturated rings. The summed E-state index contributed by atoms with van der Waals surface area (Å²) in [5, 5.41) is 13.7. The fraction of sp³-hybridized carbons (Fsp3) is 0.739. The molecule has 0 bridgehead atoms. The molecule has 1 rings (SSSR count). The van der Waals surface area contributed by atoms with E-state index in [1.165, 1.54) is 90.6 Å². The molecule has 1 aromatic rings. The zero-order valence-corrected chi connectivity index (χ0v) is 19.3. The van der Waals surface area contributed by atoms with Gasteiger partial charge in [0.2, 0.25) is 0 Å². The number of rotatable bonds is 17. The van der Waals surface area contributed by atoms with Crippen molar-refractivity contribution in [1.29, 1.82) is 0 Å². The molecule has 0 heterocycles. The molecule has 0 aromatic heterocycles. The van der Waals surface area contributed by atoms with E-state index in [-0.39, 0.29) is 10.8 Å². The molecule has 0 atom stereocenters. The van der Waals surface area contributed by atoms with Gasteiger partial charge >= 0.3 is 0 Å². The molecular weight excluding hydrogens is 393 g/mol. The van der Waals surface area contributed by atoms with Crippen LogP contribution in [0.15, 0.2) is 6.07 Å². The standard InChI is InChI=1S/C23H39Cl2NO2/c1-3-4-5-6-7-8-9-10-11-12-13-14-15-16-17-26-19-18-20(27)22(25)23(28-2)21(19)24/h18,26-27H,3-17H2,1-2H3. The number of ether oxygens (including phenoxy) is 1. The zero-order valence-electron chi connectivity index (χ0n) is 17.8. The van der Waals surface area contributed by atoms with Crippen LogP contribution in [0, 0.1) is 0 Å². The number of nitrogens with one attached hydrogen (secondary N) is 1. The first kappa shape index (κ1) is 25.2. The maximum Gasteiger partial charge on any atom is 0.161 e. The summed E-state index contributed by atoms with van der Waals surface area (Å²) in [7, 11) is 1.49. The van der Waals surface area contributed by atoms with E-state index < -0.39 is 0 Å². The number of phenolic OH excluding ortho intramolecular Hbond substituents is 1. The number of aromatic hydroxyl groups is 1. The molecule has 0 aliphatic heterocycles. The van der Waals surface area contributed by atoms with E-state index in [9.17, 15) is 5.11 Å². The second-order valence-electron chi connectivity index (χ2n) is 7.63. The summed E-state index contributed by atoms with van der Waals surface area (Å²) in [5.41, 5.74) is 0.662. The summed E-state index contributed by atoms with van der Waals surface area (Å²) in [4.78, 5) is 0. The summed E-state index contributed by atoms with van der Waals surface area (Å²) >= 11 is 12.2. The average Bonchev–Trinajstić information content (AvgIpc) is 2.69. The first-order valence-corrected chi connectivity index (χ1v) is 11.9. The molecule has 0 unspecified atom stereocenters. The Morgan fingerprint density at radius 2 is 1.25 bits per heavy atom. The Morgan fingerprint density at radius 3 is 1.71 bits per heavy atom. The maximum atomic E-state index is 9.85. The highest BCUT2D eigenvalue weighted by atomic mass is 35.5. The predicted molar refractivity (Wildman–Crippen MR) is 123 cm³/mol. The summed E-state index contributed by atoms with van der Waals surface area (Å²) in [6.07, 6.45) is 18.9. The molecule has 0 radical (unpaired) electrons. The number of halogens is 2. The first-order valence-electron chi connectivity index (χ1n) is 11.1. The minimum absolute atomic E-state index is 0.0219. The van der Waals surface area contributed by atoms with E-state index in [0.717, 1.165) is 13.0 Å². The van der Waals surface area contributed by atoms with Crippen LogP contribution in [-0.4, -0.2) is 18.8 Å². The van der Waals surface area contributed by atoms with Crippen molar-refractivity contribution in [2.45, 2.75) is 96.8 Å². The molecule has 0 saturated carbocycles. The molecule has 162 valence electrons. The molecule has 5 heteroatoms. The molecule has 0 aliphatic rings. The smallest absolute Gasteiger partial charge is 0.161 e. The van der Waals surface area contributed by atoms with Gasteiger partial charge in [-0.1, -0.05) is 114 Å². The summed E-state index contributed by atoms with van der Waals surface area (Å²) < 4.78 is 5.16. The van der Waals surface area contributed by atoms with Crippen molar-refractivity contribution in [2.75, 3.05) is 19.0 Å². The van der Waals surface area contributed by atoms with Crippen molar-refractivity contribution < 1.29 is 9.84 Å². The van der Waals surface area contributed by atoms with Gasteiger partial charge in [-0.15, -0.1) is 0 Å². The van der Waals surface area contributed by atoms with Gasteiger partial charge in [-0.2, -0.15) is 0 Å². The lowest BCUT2D eigenvalue weighted by molar-refractivity contribution is 0.408. The predicted octanol–water partition coefficient (Wildman–Crippen LogP) is 8.60. The summed E-state index contributed by atoms with van der Waals surface area (Å²) in [6.45, 7) is 3.09. The van der Waals surface area contributed by atoms with Crippen LogP contribution < -0.4 is 10.1 Å². The number of benzene rings is 1. The molecule has 0 saturated heterocycles. The fourth-order valence-corrected chi connectivity index (χ4v) is 4.02. The van der Waals surface area contributed by atoms with Gasteiger partial charge in [-0.3, -0.25) is 0 Å². The number of hydrogen-bond acceptors (Lipinski definition) is 3. The van der Waals surface area contributed by atoms with E-state index in [0.29, 0.717) is 16.5 Å². The number of phenols is 1. The van der Waals surface area contributed by atoms with Gasteiger partial charge in [0.05, 0.1) is 12.8 Å². The average molecular weight is 432 g/mol. The number of methoxy groups -OCH3 is 1. The maximum absolute atomic E-state index is 9.85. The van der Waals surface area contributed by atoms with Gasteiger partial charge in [0.25, 0.3) is 0 Å².